The van der Waals surface area contributed by atoms with Gasteiger partial charge in [-0.2, -0.15) is 0 Å². The van der Waals surface area contributed by atoms with Gasteiger partial charge >= 0.3 is 0 Å². The fourth-order valence-electron chi connectivity index (χ4n) is 4.95. The topological polar surface area (TPSA) is 61.9 Å². The molecule has 2 heterocycles. The Morgan fingerprint density at radius 3 is 2.47 bits per heavy atom. The molecule has 0 unspecified atom stereocenters. The molecule has 2 aliphatic heterocycles. The quantitative estimate of drug-likeness (QED) is 0.531. The number of fused-ring (bicyclic) bond motifs is 1. The number of rotatable bonds is 6. The summed E-state index contributed by atoms with van der Waals surface area (Å²) in [6, 6.07) is 25.1. The average Bonchev–Trinajstić information content (AvgIpc) is 2.92. The van der Waals surface area contributed by atoms with E-state index in [0.29, 0.717) is 18.8 Å². The molecule has 186 valence electrons. The third kappa shape index (κ3) is 5.72. The molecule has 2 aliphatic rings. The summed E-state index contributed by atoms with van der Waals surface area (Å²) in [5.41, 5.74) is 2.92. The first-order chi connectivity index (χ1) is 17.6. The fourth-order valence-corrected chi connectivity index (χ4v) is 5.07. The maximum atomic E-state index is 13.8. The van der Waals surface area contributed by atoms with Gasteiger partial charge in [0.25, 0.3) is 5.91 Å². The van der Waals surface area contributed by atoms with Crippen LogP contribution in [0.4, 0.5) is 5.69 Å². The highest BCUT2D eigenvalue weighted by Gasteiger charge is 2.37. The van der Waals surface area contributed by atoms with Crippen LogP contribution in [-0.4, -0.2) is 42.5 Å². The number of carbonyl (C=O) groups excluding carboxylic acids is 2. The highest BCUT2D eigenvalue weighted by molar-refractivity contribution is 6.30. The summed E-state index contributed by atoms with van der Waals surface area (Å²) in [5, 5.41) is 3.68. The molecule has 1 fully saturated rings. The van der Waals surface area contributed by atoms with Gasteiger partial charge in [0.1, 0.15) is 5.75 Å². The Morgan fingerprint density at radius 2 is 1.67 bits per heavy atom. The van der Waals surface area contributed by atoms with E-state index in [4.69, 9.17) is 16.3 Å². The van der Waals surface area contributed by atoms with E-state index in [1.54, 1.807) is 4.90 Å². The maximum Gasteiger partial charge on any atom is 0.263 e. The first kappa shape index (κ1) is 24.3. The van der Waals surface area contributed by atoms with Crippen molar-refractivity contribution in [2.45, 2.75) is 32.0 Å². The Bertz CT molecular complexity index is 1200. The molecule has 2 amide bonds. The number of likely N-dealkylation sites (tertiary alicyclic amines) is 1. The molecule has 2 atom stereocenters. The average molecular weight is 504 g/mol. The summed E-state index contributed by atoms with van der Waals surface area (Å²) in [4.78, 5) is 30.9. The number of nitrogens with one attached hydrogen (secondary N) is 1. The summed E-state index contributed by atoms with van der Waals surface area (Å²) in [7, 11) is 0. The zero-order chi connectivity index (χ0) is 24.9. The molecule has 3 aromatic rings. The predicted octanol–water partition coefficient (Wildman–Crippen LogP) is 4.66. The Kier molecular flexibility index (Phi) is 7.54. The number of ether oxygens (including phenoxy) is 1. The molecule has 6 nitrogen and oxygen atoms in total. The molecule has 1 N–H and O–H groups in total. The van der Waals surface area contributed by atoms with Gasteiger partial charge in [-0.05, 0) is 54.8 Å². The maximum absolute atomic E-state index is 13.8. The molecule has 0 bridgehead atoms. The molecule has 0 aliphatic carbocycles. The number of carbonyl (C=O) groups is 2. The van der Waals surface area contributed by atoms with Crippen LogP contribution in [-0.2, 0) is 22.7 Å². The van der Waals surface area contributed by atoms with E-state index in [9.17, 15) is 9.59 Å². The third-order valence-corrected chi connectivity index (χ3v) is 7.07. The standard InChI is InChI=1S/C29H30ClN3O3/c30-24-14-12-22(13-15-24)18-32-16-6-9-23(19-32)29(35)33-20-27(36-26-11-5-4-10-25(26)33)28(34)31-17-21-7-2-1-3-8-21/h1-5,7-8,10-15,23,27H,6,9,16-20H2,(H,31,34)/t23-,27-/m0/s1. The third-order valence-electron chi connectivity index (χ3n) is 6.82. The zero-order valence-corrected chi connectivity index (χ0v) is 20.9. The van der Waals surface area contributed by atoms with E-state index >= 15 is 0 Å². The van der Waals surface area contributed by atoms with E-state index in [1.807, 2.05) is 78.9 Å². The molecule has 0 spiro atoms. The van der Waals surface area contributed by atoms with Crippen molar-refractivity contribution in [3.8, 4) is 5.75 Å². The second kappa shape index (κ2) is 11.1. The molecule has 0 radical (unpaired) electrons. The lowest BCUT2D eigenvalue weighted by Gasteiger charge is -2.38. The Balaban J connectivity index is 1.27. The number of halogens is 1. The van der Waals surface area contributed by atoms with Gasteiger partial charge in [0.15, 0.2) is 6.10 Å². The van der Waals surface area contributed by atoms with Crippen molar-refractivity contribution in [3.63, 3.8) is 0 Å². The zero-order valence-electron chi connectivity index (χ0n) is 20.1. The van der Waals surface area contributed by atoms with Crippen molar-refractivity contribution in [3.05, 3.63) is 95.0 Å². The number of amides is 2. The van der Waals surface area contributed by atoms with Crippen LogP contribution in [0.5, 0.6) is 5.75 Å². The van der Waals surface area contributed by atoms with Crippen molar-refractivity contribution in [1.29, 1.82) is 0 Å². The summed E-state index contributed by atoms with van der Waals surface area (Å²) < 4.78 is 6.03. The van der Waals surface area contributed by atoms with E-state index in [1.165, 1.54) is 5.56 Å². The Labute approximate surface area is 216 Å². The first-order valence-corrected chi connectivity index (χ1v) is 12.8. The van der Waals surface area contributed by atoms with Gasteiger partial charge in [0, 0.05) is 24.7 Å². The molecule has 1 saturated heterocycles. The second-order valence-electron chi connectivity index (χ2n) is 9.43. The number of nitrogens with zero attached hydrogens (tertiary/aromatic N) is 2. The highest BCUT2D eigenvalue weighted by Crippen LogP contribution is 2.35. The van der Waals surface area contributed by atoms with Gasteiger partial charge in [-0.3, -0.25) is 14.5 Å². The highest BCUT2D eigenvalue weighted by atomic mass is 35.5. The SMILES string of the molecule is O=C(NCc1ccccc1)[C@@H]1CN(C(=O)[C@H]2CCCN(Cc3ccc(Cl)cc3)C2)c2ccccc2O1. The Morgan fingerprint density at radius 1 is 0.917 bits per heavy atom. The molecular weight excluding hydrogens is 474 g/mol. The molecule has 0 aromatic heterocycles. The molecule has 3 aromatic carbocycles. The van der Waals surface area contributed by atoms with Gasteiger partial charge in [0.05, 0.1) is 18.2 Å². The van der Waals surface area contributed by atoms with E-state index in [0.717, 1.165) is 42.2 Å². The van der Waals surface area contributed by atoms with Crippen molar-refractivity contribution >= 4 is 29.1 Å². The fraction of sp³-hybridized carbons (Fsp3) is 0.310. The van der Waals surface area contributed by atoms with Crippen molar-refractivity contribution in [2.24, 2.45) is 5.92 Å². The van der Waals surface area contributed by atoms with Crippen LogP contribution in [0.25, 0.3) is 0 Å². The van der Waals surface area contributed by atoms with Gasteiger partial charge in [0.2, 0.25) is 5.91 Å². The number of piperidine rings is 1. The number of anilines is 1. The van der Waals surface area contributed by atoms with Crippen LogP contribution in [0.3, 0.4) is 0 Å². The summed E-state index contributed by atoms with van der Waals surface area (Å²) in [6.07, 6.45) is 1.03. The lowest BCUT2D eigenvalue weighted by molar-refractivity contribution is -0.129. The lowest BCUT2D eigenvalue weighted by atomic mass is 9.95. The van der Waals surface area contributed by atoms with E-state index in [2.05, 4.69) is 10.2 Å². The van der Waals surface area contributed by atoms with Crippen LogP contribution < -0.4 is 15.0 Å². The van der Waals surface area contributed by atoms with Crippen molar-refractivity contribution in [1.82, 2.24) is 10.2 Å². The largest absolute Gasteiger partial charge is 0.477 e. The van der Waals surface area contributed by atoms with E-state index in [-0.39, 0.29) is 24.3 Å². The molecule has 36 heavy (non-hydrogen) atoms. The summed E-state index contributed by atoms with van der Waals surface area (Å²) >= 11 is 6.03. The molecule has 7 heteroatoms. The number of hydrogen-bond donors (Lipinski definition) is 1. The van der Waals surface area contributed by atoms with Gasteiger partial charge in [-0.1, -0.05) is 66.2 Å². The number of benzene rings is 3. The number of para-hydroxylation sites is 2. The summed E-state index contributed by atoms with van der Waals surface area (Å²) in [5.74, 6) is 0.252. The van der Waals surface area contributed by atoms with Crippen LogP contribution in [0, 0.1) is 5.92 Å². The molecular formula is C29H30ClN3O3. The minimum absolute atomic E-state index is 0.0485. The molecule has 5 rings (SSSR count). The monoisotopic (exact) mass is 503 g/mol. The Hall–Kier alpha value is -3.35. The van der Waals surface area contributed by atoms with Crippen LogP contribution >= 0.6 is 11.6 Å². The molecule has 0 saturated carbocycles. The van der Waals surface area contributed by atoms with Gasteiger partial charge in [-0.25, -0.2) is 0 Å². The van der Waals surface area contributed by atoms with Gasteiger partial charge in [-0.15, -0.1) is 0 Å². The van der Waals surface area contributed by atoms with Crippen LogP contribution in [0.2, 0.25) is 5.02 Å². The summed E-state index contributed by atoms with van der Waals surface area (Å²) in [6.45, 7) is 3.04. The van der Waals surface area contributed by atoms with E-state index < -0.39 is 6.10 Å². The minimum atomic E-state index is -0.763. The van der Waals surface area contributed by atoms with Crippen LogP contribution in [0.15, 0.2) is 78.9 Å². The second-order valence-corrected chi connectivity index (χ2v) is 9.86. The smallest absolute Gasteiger partial charge is 0.263 e. The first-order valence-electron chi connectivity index (χ1n) is 12.4. The minimum Gasteiger partial charge on any atom is -0.477 e. The van der Waals surface area contributed by atoms with Crippen molar-refractivity contribution in [2.75, 3.05) is 24.5 Å². The predicted molar refractivity (Wildman–Crippen MR) is 141 cm³/mol. The normalized spacial score (nSPS) is 19.8. The van der Waals surface area contributed by atoms with Crippen molar-refractivity contribution < 1.29 is 14.3 Å². The van der Waals surface area contributed by atoms with Crippen LogP contribution in [0.1, 0.15) is 24.0 Å². The lowest BCUT2D eigenvalue weighted by Crippen LogP contribution is -2.53. The van der Waals surface area contributed by atoms with Gasteiger partial charge < -0.3 is 15.0 Å². The number of hydrogen-bond acceptors (Lipinski definition) is 4.